The number of rotatable bonds is 8. The lowest BCUT2D eigenvalue weighted by Gasteiger charge is -2.44. The fourth-order valence-electron chi connectivity index (χ4n) is 9.27. The summed E-state index contributed by atoms with van der Waals surface area (Å²) in [4.78, 5) is 48.9. The molecule has 54 heavy (non-hydrogen) atoms. The van der Waals surface area contributed by atoms with Crippen LogP contribution in [0.15, 0.2) is 66.7 Å². The monoisotopic (exact) mass is 748 g/mol. The Bertz CT molecular complexity index is 1930. The summed E-state index contributed by atoms with van der Waals surface area (Å²) < 4.78 is 0. The SMILES string of the molecule is C[C@H]1CC2(CCN(c3ccc(C(=O)N4CC(CN5CCN(c6cccc(N[C@H]7CCC(=O)NC7=O)c6)CC5)C4)cc3)CC2)CN1c1ccc(C#N)c(Cl)c1. The molecular formula is C42H49ClN8O3. The number of hydrogen-bond acceptors (Lipinski definition) is 9. The van der Waals surface area contributed by atoms with Gasteiger partial charge in [0.15, 0.2) is 0 Å². The smallest absolute Gasteiger partial charge is 0.253 e. The quantitative estimate of drug-likeness (QED) is 0.300. The van der Waals surface area contributed by atoms with E-state index in [9.17, 15) is 19.6 Å². The standard InChI is InChI=1S/C42H49ClN8O3/c1-29-23-42(28-51(29)36-10-7-32(24-44)37(43)22-36)13-15-48(16-14-42)34-8-5-31(6-9-34)41(54)50-26-30(27-50)25-47-17-19-49(20-18-47)35-4-2-3-33(21-35)45-38-11-12-39(52)46-40(38)53/h2-10,21-22,29-30,38,45H,11-20,23,25-28H2,1H3,(H,46,52,53)/t29-,38-/m0/s1. The summed E-state index contributed by atoms with van der Waals surface area (Å²) in [6.07, 6.45) is 4.26. The number of piperazine rings is 1. The van der Waals surface area contributed by atoms with Crippen molar-refractivity contribution in [2.24, 2.45) is 11.3 Å². The highest BCUT2D eigenvalue weighted by Gasteiger charge is 2.44. The van der Waals surface area contributed by atoms with Gasteiger partial charge in [-0.3, -0.25) is 24.6 Å². The van der Waals surface area contributed by atoms with Crippen molar-refractivity contribution >= 4 is 52.1 Å². The Kier molecular flexibility index (Phi) is 10.2. The summed E-state index contributed by atoms with van der Waals surface area (Å²) in [6, 6.07) is 24.4. The van der Waals surface area contributed by atoms with E-state index < -0.39 is 6.04 Å². The zero-order valence-electron chi connectivity index (χ0n) is 31.0. The summed E-state index contributed by atoms with van der Waals surface area (Å²) in [5.74, 6) is 0.140. The van der Waals surface area contributed by atoms with Gasteiger partial charge in [-0.2, -0.15) is 5.26 Å². The number of anilines is 4. The molecule has 1 spiro atoms. The maximum absolute atomic E-state index is 13.4. The summed E-state index contributed by atoms with van der Waals surface area (Å²) >= 11 is 6.37. The number of benzene rings is 3. The molecule has 5 aliphatic rings. The van der Waals surface area contributed by atoms with Gasteiger partial charge in [-0.05, 0) is 98.7 Å². The van der Waals surface area contributed by atoms with Crippen LogP contribution < -0.4 is 25.3 Å². The van der Waals surface area contributed by atoms with Crippen molar-refractivity contribution in [2.75, 3.05) is 85.5 Å². The van der Waals surface area contributed by atoms with Crippen molar-refractivity contribution in [2.45, 2.75) is 51.1 Å². The maximum atomic E-state index is 13.4. The van der Waals surface area contributed by atoms with Gasteiger partial charge in [0, 0.05) is 112 Å². The number of carbonyl (C=O) groups excluding carboxylic acids is 3. The Morgan fingerprint density at radius 3 is 2.35 bits per heavy atom. The van der Waals surface area contributed by atoms with Gasteiger partial charge in [-0.25, -0.2) is 0 Å². The lowest BCUT2D eigenvalue weighted by Crippen LogP contribution is -2.56. The molecule has 3 aromatic carbocycles. The molecule has 12 heteroatoms. The van der Waals surface area contributed by atoms with Crippen LogP contribution in [-0.2, 0) is 9.59 Å². The first kappa shape index (κ1) is 36.2. The average Bonchev–Trinajstić information content (AvgIpc) is 3.49. The van der Waals surface area contributed by atoms with E-state index in [1.807, 2.05) is 47.4 Å². The van der Waals surface area contributed by atoms with E-state index in [-0.39, 0.29) is 23.1 Å². The second-order valence-electron chi connectivity index (χ2n) is 16.1. The normalized spacial score (nSPS) is 23.3. The molecule has 2 atom stereocenters. The van der Waals surface area contributed by atoms with Crippen LogP contribution in [0.5, 0.6) is 0 Å². The third-order valence-corrected chi connectivity index (χ3v) is 12.7. The molecule has 0 bridgehead atoms. The lowest BCUT2D eigenvalue weighted by molar-refractivity contribution is -0.133. The number of nitriles is 1. The van der Waals surface area contributed by atoms with Gasteiger partial charge in [-0.1, -0.05) is 17.7 Å². The molecule has 8 rings (SSSR count). The van der Waals surface area contributed by atoms with Gasteiger partial charge >= 0.3 is 0 Å². The fourth-order valence-corrected chi connectivity index (χ4v) is 9.48. The topological polar surface area (TPSA) is 115 Å². The van der Waals surface area contributed by atoms with Crippen LogP contribution in [0.2, 0.25) is 5.02 Å². The number of hydrogen-bond donors (Lipinski definition) is 2. The molecule has 2 N–H and O–H groups in total. The van der Waals surface area contributed by atoms with E-state index in [1.54, 1.807) is 0 Å². The molecule has 3 aromatic rings. The molecule has 5 heterocycles. The van der Waals surface area contributed by atoms with Crippen molar-refractivity contribution in [3.63, 3.8) is 0 Å². The first-order valence-electron chi connectivity index (χ1n) is 19.4. The number of nitrogens with zero attached hydrogens (tertiary/aromatic N) is 6. The van der Waals surface area contributed by atoms with E-state index >= 15 is 0 Å². The second kappa shape index (κ2) is 15.2. The van der Waals surface area contributed by atoms with Gasteiger partial charge in [0.05, 0.1) is 10.6 Å². The molecule has 3 amide bonds. The summed E-state index contributed by atoms with van der Waals surface area (Å²) in [6.45, 7) is 11.7. The lowest BCUT2D eigenvalue weighted by atomic mass is 9.76. The van der Waals surface area contributed by atoms with Gasteiger partial charge in [-0.15, -0.1) is 0 Å². The number of amides is 3. The number of carbonyl (C=O) groups is 3. The average molecular weight is 749 g/mol. The van der Waals surface area contributed by atoms with Crippen LogP contribution in [0.25, 0.3) is 0 Å². The predicted octanol–water partition coefficient (Wildman–Crippen LogP) is 5.21. The third-order valence-electron chi connectivity index (χ3n) is 12.4. The highest BCUT2D eigenvalue weighted by atomic mass is 35.5. The maximum Gasteiger partial charge on any atom is 0.253 e. The van der Waals surface area contributed by atoms with Crippen molar-refractivity contribution < 1.29 is 14.4 Å². The minimum Gasteiger partial charge on any atom is -0.374 e. The summed E-state index contributed by atoms with van der Waals surface area (Å²) in [5, 5.41) is 15.5. The van der Waals surface area contributed by atoms with Crippen molar-refractivity contribution in [1.29, 1.82) is 5.26 Å². The largest absolute Gasteiger partial charge is 0.374 e. The Morgan fingerprint density at radius 1 is 0.926 bits per heavy atom. The highest BCUT2D eigenvalue weighted by Crippen LogP contribution is 2.46. The third kappa shape index (κ3) is 7.59. The minimum absolute atomic E-state index is 0.119. The molecule has 282 valence electrons. The molecule has 5 fully saturated rings. The van der Waals surface area contributed by atoms with Crippen LogP contribution in [0, 0.1) is 22.7 Å². The van der Waals surface area contributed by atoms with E-state index in [1.165, 1.54) is 5.69 Å². The van der Waals surface area contributed by atoms with Crippen LogP contribution >= 0.6 is 11.6 Å². The van der Waals surface area contributed by atoms with E-state index in [4.69, 9.17) is 11.6 Å². The zero-order valence-corrected chi connectivity index (χ0v) is 31.7. The number of imide groups is 1. The number of likely N-dealkylation sites (tertiary alicyclic amines) is 1. The number of piperidine rings is 2. The number of nitrogens with one attached hydrogen (secondary N) is 2. The molecule has 0 saturated carbocycles. The van der Waals surface area contributed by atoms with Gasteiger partial charge in [0.25, 0.3) is 5.91 Å². The van der Waals surface area contributed by atoms with Crippen LogP contribution in [0.3, 0.4) is 0 Å². The first-order chi connectivity index (χ1) is 26.1. The molecule has 0 aliphatic carbocycles. The van der Waals surface area contributed by atoms with Crippen LogP contribution in [0.1, 0.15) is 54.9 Å². The van der Waals surface area contributed by atoms with E-state index in [0.717, 1.165) is 107 Å². The molecule has 5 saturated heterocycles. The van der Waals surface area contributed by atoms with E-state index in [0.29, 0.717) is 35.4 Å². The molecule has 0 unspecified atom stereocenters. The van der Waals surface area contributed by atoms with Crippen molar-refractivity contribution in [3.8, 4) is 6.07 Å². The molecule has 0 aromatic heterocycles. The number of halogens is 1. The highest BCUT2D eigenvalue weighted by molar-refractivity contribution is 6.32. The minimum atomic E-state index is -0.394. The molecule has 0 radical (unpaired) electrons. The summed E-state index contributed by atoms with van der Waals surface area (Å²) in [5.41, 5.74) is 5.85. The van der Waals surface area contributed by atoms with Crippen molar-refractivity contribution in [3.05, 3.63) is 82.9 Å². The predicted molar refractivity (Wildman–Crippen MR) is 212 cm³/mol. The zero-order chi connectivity index (χ0) is 37.4. The Balaban J connectivity index is 0.764. The second-order valence-corrected chi connectivity index (χ2v) is 16.5. The van der Waals surface area contributed by atoms with Gasteiger partial charge in [0.2, 0.25) is 11.8 Å². The van der Waals surface area contributed by atoms with Crippen molar-refractivity contribution in [1.82, 2.24) is 15.1 Å². The van der Waals surface area contributed by atoms with Gasteiger partial charge in [0.1, 0.15) is 12.1 Å². The fraction of sp³-hybridized carbons (Fsp3) is 0.476. The Morgan fingerprint density at radius 2 is 1.65 bits per heavy atom. The molecule has 11 nitrogen and oxygen atoms in total. The first-order valence-corrected chi connectivity index (χ1v) is 19.8. The van der Waals surface area contributed by atoms with Crippen LogP contribution in [-0.4, -0.2) is 105 Å². The summed E-state index contributed by atoms with van der Waals surface area (Å²) in [7, 11) is 0. The van der Waals surface area contributed by atoms with Gasteiger partial charge < -0.3 is 24.9 Å². The van der Waals surface area contributed by atoms with Crippen LogP contribution in [0.4, 0.5) is 22.7 Å². The Labute approximate surface area is 322 Å². The molecular weight excluding hydrogens is 700 g/mol. The molecule has 5 aliphatic heterocycles. The van der Waals surface area contributed by atoms with E-state index in [2.05, 4.69) is 67.5 Å². The Hall–Kier alpha value is -4.79.